The quantitative estimate of drug-likeness (QED) is 0.691. The first-order valence-corrected chi connectivity index (χ1v) is 8.02. The summed E-state index contributed by atoms with van der Waals surface area (Å²) < 4.78 is 5.47. The molecule has 1 atom stereocenters. The van der Waals surface area contributed by atoms with Crippen LogP contribution >= 0.6 is 27.5 Å². The molecule has 0 fully saturated rings. The van der Waals surface area contributed by atoms with Crippen LogP contribution in [-0.2, 0) is 12.8 Å². The third-order valence-electron chi connectivity index (χ3n) is 3.99. The van der Waals surface area contributed by atoms with E-state index < -0.39 is 0 Å². The van der Waals surface area contributed by atoms with Gasteiger partial charge in [0.2, 0.25) is 0 Å². The zero-order chi connectivity index (χ0) is 14.1. The molecule has 2 aromatic carbocycles. The van der Waals surface area contributed by atoms with E-state index in [-0.39, 0.29) is 4.83 Å². The molecule has 0 aliphatic heterocycles. The maximum Gasteiger partial charge on any atom is 0.123 e. The first-order chi connectivity index (χ1) is 9.69. The van der Waals surface area contributed by atoms with Crippen molar-refractivity contribution in [3.8, 4) is 5.75 Å². The molecule has 0 saturated heterocycles. The van der Waals surface area contributed by atoms with Crippen LogP contribution in [0.3, 0.4) is 0 Å². The summed E-state index contributed by atoms with van der Waals surface area (Å²) in [6.45, 7) is 0. The van der Waals surface area contributed by atoms with Gasteiger partial charge in [-0.2, -0.15) is 0 Å². The Morgan fingerprint density at radius 2 is 1.80 bits per heavy atom. The van der Waals surface area contributed by atoms with Gasteiger partial charge in [-0.3, -0.25) is 0 Å². The van der Waals surface area contributed by atoms with Crippen LogP contribution in [0.25, 0.3) is 0 Å². The lowest BCUT2D eigenvalue weighted by atomic mass is 9.96. The maximum atomic E-state index is 6.14. The standard InChI is InChI=1S/C17H16BrClO/c1-20-16-7-6-14(19)10-15(16)17(18)13-8-11-4-2-3-5-12(11)9-13/h2-7,10,13,17H,8-9H2,1H3. The second kappa shape index (κ2) is 5.79. The Bertz CT molecular complexity index is 601. The molecular formula is C17H16BrClO. The predicted octanol–water partition coefficient (Wildman–Crippen LogP) is 5.20. The smallest absolute Gasteiger partial charge is 0.123 e. The van der Waals surface area contributed by atoms with Gasteiger partial charge >= 0.3 is 0 Å². The van der Waals surface area contributed by atoms with E-state index in [9.17, 15) is 0 Å². The highest BCUT2D eigenvalue weighted by Crippen LogP contribution is 2.43. The highest BCUT2D eigenvalue weighted by molar-refractivity contribution is 9.09. The summed E-state index contributed by atoms with van der Waals surface area (Å²) in [7, 11) is 1.70. The largest absolute Gasteiger partial charge is 0.496 e. The summed E-state index contributed by atoms with van der Waals surface area (Å²) in [5.74, 6) is 1.44. The van der Waals surface area contributed by atoms with Gasteiger partial charge in [0.15, 0.2) is 0 Å². The Morgan fingerprint density at radius 1 is 1.15 bits per heavy atom. The van der Waals surface area contributed by atoms with E-state index in [1.54, 1.807) is 7.11 Å². The number of rotatable bonds is 3. The van der Waals surface area contributed by atoms with Gasteiger partial charge in [0.05, 0.1) is 7.11 Å². The molecule has 0 saturated carbocycles. The summed E-state index contributed by atoms with van der Waals surface area (Å²) in [5.41, 5.74) is 4.06. The van der Waals surface area contributed by atoms with Crippen molar-refractivity contribution in [3.05, 3.63) is 64.2 Å². The van der Waals surface area contributed by atoms with Crippen molar-refractivity contribution in [3.63, 3.8) is 0 Å². The SMILES string of the molecule is COc1ccc(Cl)cc1C(Br)C1Cc2ccccc2C1. The van der Waals surface area contributed by atoms with Gasteiger partial charge in [0.25, 0.3) is 0 Å². The van der Waals surface area contributed by atoms with Gasteiger partial charge in [0, 0.05) is 15.4 Å². The second-order valence-corrected chi connectivity index (χ2v) is 6.65. The molecule has 0 amide bonds. The number of methoxy groups -OCH3 is 1. The van der Waals surface area contributed by atoms with E-state index in [0.717, 1.165) is 29.2 Å². The fourth-order valence-corrected chi connectivity index (χ4v) is 3.89. The molecule has 3 heteroatoms. The number of fused-ring (bicyclic) bond motifs is 1. The fourth-order valence-electron chi connectivity index (χ4n) is 2.97. The molecule has 0 bridgehead atoms. The zero-order valence-corrected chi connectivity index (χ0v) is 13.6. The Hall–Kier alpha value is -0.990. The lowest BCUT2D eigenvalue weighted by molar-refractivity contribution is 0.404. The summed E-state index contributed by atoms with van der Waals surface area (Å²) in [5, 5.41) is 0.751. The number of ether oxygens (including phenoxy) is 1. The monoisotopic (exact) mass is 350 g/mol. The van der Waals surface area contributed by atoms with Gasteiger partial charge in [0.1, 0.15) is 5.75 Å². The predicted molar refractivity (Wildman–Crippen MR) is 87.0 cm³/mol. The molecular weight excluding hydrogens is 336 g/mol. The first kappa shape index (κ1) is 14.0. The van der Waals surface area contributed by atoms with Crippen LogP contribution in [0.1, 0.15) is 21.5 Å². The van der Waals surface area contributed by atoms with Crippen molar-refractivity contribution in [2.24, 2.45) is 5.92 Å². The van der Waals surface area contributed by atoms with E-state index in [1.165, 1.54) is 11.1 Å². The lowest BCUT2D eigenvalue weighted by Crippen LogP contribution is -2.09. The highest BCUT2D eigenvalue weighted by atomic mass is 79.9. The molecule has 1 aliphatic rings. The van der Waals surface area contributed by atoms with Crippen LogP contribution in [-0.4, -0.2) is 7.11 Å². The van der Waals surface area contributed by atoms with Crippen LogP contribution < -0.4 is 4.74 Å². The molecule has 0 N–H and O–H groups in total. The highest BCUT2D eigenvalue weighted by Gasteiger charge is 2.29. The van der Waals surface area contributed by atoms with Gasteiger partial charge in [-0.25, -0.2) is 0 Å². The third-order valence-corrected chi connectivity index (χ3v) is 5.46. The van der Waals surface area contributed by atoms with Gasteiger partial charge in [-0.05, 0) is 48.1 Å². The number of halogens is 2. The van der Waals surface area contributed by atoms with E-state index >= 15 is 0 Å². The van der Waals surface area contributed by atoms with Crippen LogP contribution in [0.5, 0.6) is 5.75 Å². The first-order valence-electron chi connectivity index (χ1n) is 6.73. The normalized spacial score (nSPS) is 15.9. The Morgan fingerprint density at radius 3 is 2.40 bits per heavy atom. The topological polar surface area (TPSA) is 9.23 Å². The second-order valence-electron chi connectivity index (χ2n) is 5.23. The van der Waals surface area contributed by atoms with Crippen LogP contribution in [0.15, 0.2) is 42.5 Å². The minimum atomic E-state index is 0.253. The average molecular weight is 352 g/mol. The van der Waals surface area contributed by atoms with E-state index in [2.05, 4.69) is 40.2 Å². The van der Waals surface area contributed by atoms with Crippen molar-refractivity contribution in [1.82, 2.24) is 0 Å². The minimum Gasteiger partial charge on any atom is -0.496 e. The van der Waals surface area contributed by atoms with E-state index in [0.29, 0.717) is 5.92 Å². The van der Waals surface area contributed by atoms with Crippen LogP contribution in [0.2, 0.25) is 5.02 Å². The molecule has 0 radical (unpaired) electrons. The molecule has 1 nitrogen and oxygen atoms in total. The number of hydrogen-bond donors (Lipinski definition) is 0. The summed E-state index contributed by atoms with van der Waals surface area (Å²) in [4.78, 5) is 0.253. The Kier molecular flexibility index (Phi) is 4.04. The summed E-state index contributed by atoms with van der Waals surface area (Å²) in [6.07, 6.45) is 2.20. The zero-order valence-electron chi connectivity index (χ0n) is 11.3. The van der Waals surface area contributed by atoms with Crippen LogP contribution in [0, 0.1) is 5.92 Å². The molecule has 0 aromatic heterocycles. The van der Waals surface area contributed by atoms with Crippen LogP contribution in [0.4, 0.5) is 0 Å². The Labute approximate surface area is 133 Å². The average Bonchev–Trinajstić information content (AvgIpc) is 2.90. The van der Waals surface area contributed by atoms with Crippen molar-refractivity contribution in [2.45, 2.75) is 17.7 Å². The van der Waals surface area contributed by atoms with Gasteiger partial charge in [-0.1, -0.05) is 51.8 Å². The number of hydrogen-bond acceptors (Lipinski definition) is 1. The van der Waals surface area contributed by atoms with Crippen molar-refractivity contribution in [1.29, 1.82) is 0 Å². The molecule has 3 rings (SSSR count). The molecule has 1 unspecified atom stereocenters. The lowest BCUT2D eigenvalue weighted by Gasteiger charge is -2.20. The summed E-state index contributed by atoms with van der Waals surface area (Å²) >= 11 is 10.00. The maximum absolute atomic E-state index is 6.14. The molecule has 2 aromatic rings. The number of benzene rings is 2. The van der Waals surface area contributed by atoms with Crippen molar-refractivity contribution >= 4 is 27.5 Å². The molecule has 0 heterocycles. The molecule has 1 aliphatic carbocycles. The van der Waals surface area contributed by atoms with Crippen molar-refractivity contribution < 1.29 is 4.74 Å². The van der Waals surface area contributed by atoms with Crippen molar-refractivity contribution in [2.75, 3.05) is 7.11 Å². The molecule has 20 heavy (non-hydrogen) atoms. The molecule has 104 valence electrons. The van der Waals surface area contributed by atoms with E-state index in [1.807, 2.05) is 18.2 Å². The third kappa shape index (κ3) is 2.59. The minimum absolute atomic E-state index is 0.253. The fraction of sp³-hybridized carbons (Fsp3) is 0.294. The van der Waals surface area contributed by atoms with Gasteiger partial charge in [-0.15, -0.1) is 0 Å². The molecule has 0 spiro atoms. The summed E-state index contributed by atoms with van der Waals surface area (Å²) in [6, 6.07) is 14.5. The van der Waals surface area contributed by atoms with E-state index in [4.69, 9.17) is 16.3 Å². The number of alkyl halides is 1. The van der Waals surface area contributed by atoms with Gasteiger partial charge < -0.3 is 4.74 Å². The Balaban J connectivity index is 1.88.